The molecule has 0 unspecified atom stereocenters. The van der Waals surface area contributed by atoms with Crippen molar-refractivity contribution in [3.05, 3.63) is 40.3 Å². The molecule has 0 amide bonds. The number of nitrogens with zero attached hydrogens (tertiary/aromatic N) is 2. The third-order valence-electron chi connectivity index (χ3n) is 3.24. The van der Waals surface area contributed by atoms with Crippen molar-refractivity contribution in [2.24, 2.45) is 7.05 Å². The number of nitrogens with one attached hydrogen (secondary N) is 1. The fraction of sp³-hybridized carbons (Fsp3) is 0.500. The van der Waals surface area contributed by atoms with E-state index >= 15 is 0 Å². The minimum atomic E-state index is 0.209. The van der Waals surface area contributed by atoms with Crippen LogP contribution in [0, 0.1) is 0 Å². The summed E-state index contributed by atoms with van der Waals surface area (Å²) in [6.45, 7) is 6.57. The van der Waals surface area contributed by atoms with E-state index in [4.69, 9.17) is 0 Å². The van der Waals surface area contributed by atoms with E-state index < -0.39 is 0 Å². The Bertz CT molecular complexity index is 471. The molecule has 0 atom stereocenters. The van der Waals surface area contributed by atoms with E-state index in [1.807, 2.05) is 29.3 Å². The highest BCUT2D eigenvalue weighted by molar-refractivity contribution is 7.10. The number of hydrogen-bond acceptors (Lipinski definition) is 3. The Morgan fingerprint density at radius 3 is 2.83 bits per heavy atom. The summed E-state index contributed by atoms with van der Waals surface area (Å²) in [7, 11) is 1.99. The Balaban J connectivity index is 1.77. The molecule has 2 aromatic heterocycles. The number of aryl methyl sites for hydroxylation is 1. The standard InChI is InChI=1S/C14H21N3S/c1-14(2,13-5-4-10-18-13)11-15-8-6-12-7-9-16-17(12)3/h4-5,7,9-10,15H,6,8,11H2,1-3H3. The minimum Gasteiger partial charge on any atom is -0.315 e. The molecule has 2 rings (SSSR count). The smallest absolute Gasteiger partial charge is 0.0492 e. The molecule has 0 spiro atoms. The highest BCUT2D eigenvalue weighted by Gasteiger charge is 2.20. The predicted molar refractivity (Wildman–Crippen MR) is 77.1 cm³/mol. The van der Waals surface area contributed by atoms with Crippen LogP contribution in [0.15, 0.2) is 29.8 Å². The van der Waals surface area contributed by atoms with Crippen molar-refractivity contribution >= 4 is 11.3 Å². The molecule has 0 aliphatic rings. The van der Waals surface area contributed by atoms with Gasteiger partial charge in [-0.25, -0.2) is 0 Å². The van der Waals surface area contributed by atoms with E-state index in [0.717, 1.165) is 19.5 Å². The normalized spacial score (nSPS) is 11.9. The molecule has 0 aliphatic carbocycles. The van der Waals surface area contributed by atoms with Gasteiger partial charge in [-0.15, -0.1) is 11.3 Å². The molecule has 2 heterocycles. The first-order chi connectivity index (χ1) is 8.59. The first-order valence-corrected chi connectivity index (χ1v) is 7.19. The molecule has 0 aromatic carbocycles. The molecule has 0 bridgehead atoms. The van der Waals surface area contributed by atoms with Crippen molar-refractivity contribution in [3.63, 3.8) is 0 Å². The van der Waals surface area contributed by atoms with Crippen LogP contribution in [-0.2, 0) is 18.9 Å². The minimum absolute atomic E-state index is 0.209. The molecular formula is C14H21N3S. The Morgan fingerprint density at radius 1 is 1.39 bits per heavy atom. The van der Waals surface area contributed by atoms with Crippen LogP contribution < -0.4 is 5.32 Å². The van der Waals surface area contributed by atoms with Crippen molar-refractivity contribution in [3.8, 4) is 0 Å². The second-order valence-corrected chi connectivity index (χ2v) is 6.18. The van der Waals surface area contributed by atoms with E-state index in [1.165, 1.54) is 10.6 Å². The summed E-state index contributed by atoms with van der Waals surface area (Å²) in [6.07, 6.45) is 2.88. The second kappa shape index (κ2) is 5.67. The van der Waals surface area contributed by atoms with Gasteiger partial charge in [-0.2, -0.15) is 5.10 Å². The molecule has 0 saturated heterocycles. The Kier molecular flexibility index (Phi) is 4.19. The van der Waals surface area contributed by atoms with Crippen molar-refractivity contribution in [1.29, 1.82) is 0 Å². The Morgan fingerprint density at radius 2 is 2.22 bits per heavy atom. The fourth-order valence-electron chi connectivity index (χ4n) is 2.01. The number of thiophene rings is 1. The predicted octanol–water partition coefficient (Wildman–Crippen LogP) is 2.59. The molecule has 0 fully saturated rings. The van der Waals surface area contributed by atoms with Crippen LogP contribution in [0.3, 0.4) is 0 Å². The summed E-state index contributed by atoms with van der Waals surface area (Å²) in [5, 5.41) is 9.87. The lowest BCUT2D eigenvalue weighted by atomic mass is 9.91. The van der Waals surface area contributed by atoms with Crippen LogP contribution in [0.2, 0.25) is 0 Å². The summed E-state index contributed by atoms with van der Waals surface area (Å²) >= 11 is 1.83. The monoisotopic (exact) mass is 263 g/mol. The number of hydrogen-bond donors (Lipinski definition) is 1. The highest BCUT2D eigenvalue weighted by Crippen LogP contribution is 2.26. The molecule has 0 saturated carbocycles. The third-order valence-corrected chi connectivity index (χ3v) is 4.47. The SMILES string of the molecule is Cn1nccc1CCNCC(C)(C)c1cccs1. The quantitative estimate of drug-likeness (QED) is 0.812. The summed E-state index contributed by atoms with van der Waals surface area (Å²) in [4.78, 5) is 1.44. The molecule has 1 N–H and O–H groups in total. The third kappa shape index (κ3) is 3.21. The lowest BCUT2D eigenvalue weighted by molar-refractivity contribution is 0.476. The Hall–Kier alpha value is -1.13. The Labute approximate surface area is 113 Å². The second-order valence-electron chi connectivity index (χ2n) is 5.23. The van der Waals surface area contributed by atoms with Gasteiger partial charge in [-0.3, -0.25) is 4.68 Å². The maximum atomic E-state index is 4.18. The van der Waals surface area contributed by atoms with Crippen LogP contribution in [-0.4, -0.2) is 22.9 Å². The van der Waals surface area contributed by atoms with E-state index in [2.05, 4.69) is 47.8 Å². The maximum absolute atomic E-state index is 4.18. The molecule has 18 heavy (non-hydrogen) atoms. The van der Waals surface area contributed by atoms with E-state index in [0.29, 0.717) is 0 Å². The van der Waals surface area contributed by atoms with Gasteiger partial charge in [0, 0.05) is 48.7 Å². The molecule has 0 radical (unpaired) electrons. The van der Waals surface area contributed by atoms with Gasteiger partial charge < -0.3 is 5.32 Å². The summed E-state index contributed by atoms with van der Waals surface area (Å²) in [6, 6.07) is 6.41. The molecule has 98 valence electrons. The first-order valence-electron chi connectivity index (χ1n) is 6.31. The van der Waals surface area contributed by atoms with E-state index in [9.17, 15) is 0 Å². The van der Waals surface area contributed by atoms with Gasteiger partial charge in [0.1, 0.15) is 0 Å². The zero-order valence-electron chi connectivity index (χ0n) is 11.3. The fourth-order valence-corrected chi connectivity index (χ4v) is 2.87. The molecule has 0 aliphatic heterocycles. The van der Waals surface area contributed by atoms with Gasteiger partial charge in [0.15, 0.2) is 0 Å². The van der Waals surface area contributed by atoms with Gasteiger partial charge in [-0.05, 0) is 17.5 Å². The summed E-state index contributed by atoms with van der Waals surface area (Å²) in [5.41, 5.74) is 1.48. The van der Waals surface area contributed by atoms with Crippen molar-refractivity contribution in [2.75, 3.05) is 13.1 Å². The summed E-state index contributed by atoms with van der Waals surface area (Å²) < 4.78 is 1.94. The van der Waals surface area contributed by atoms with Gasteiger partial charge in [0.25, 0.3) is 0 Å². The molecular weight excluding hydrogens is 242 g/mol. The zero-order valence-corrected chi connectivity index (χ0v) is 12.1. The van der Waals surface area contributed by atoms with Crippen molar-refractivity contribution in [2.45, 2.75) is 25.7 Å². The van der Waals surface area contributed by atoms with Crippen molar-refractivity contribution < 1.29 is 0 Å². The van der Waals surface area contributed by atoms with Gasteiger partial charge >= 0.3 is 0 Å². The zero-order chi connectivity index (χ0) is 13.0. The molecule has 3 nitrogen and oxygen atoms in total. The van der Waals surface area contributed by atoms with E-state index in [-0.39, 0.29) is 5.41 Å². The topological polar surface area (TPSA) is 29.9 Å². The van der Waals surface area contributed by atoms with Crippen LogP contribution in [0.5, 0.6) is 0 Å². The van der Waals surface area contributed by atoms with E-state index in [1.54, 1.807) is 0 Å². The van der Waals surface area contributed by atoms with Crippen LogP contribution in [0.25, 0.3) is 0 Å². The number of aromatic nitrogens is 2. The number of rotatable bonds is 6. The maximum Gasteiger partial charge on any atom is 0.0492 e. The molecule has 2 aromatic rings. The van der Waals surface area contributed by atoms with Gasteiger partial charge in [0.05, 0.1) is 0 Å². The first kappa shape index (κ1) is 13.3. The highest BCUT2D eigenvalue weighted by atomic mass is 32.1. The summed E-state index contributed by atoms with van der Waals surface area (Å²) in [5.74, 6) is 0. The van der Waals surface area contributed by atoms with Crippen LogP contribution >= 0.6 is 11.3 Å². The van der Waals surface area contributed by atoms with Crippen molar-refractivity contribution in [1.82, 2.24) is 15.1 Å². The van der Waals surface area contributed by atoms with Crippen LogP contribution in [0.1, 0.15) is 24.4 Å². The average Bonchev–Trinajstić information content (AvgIpc) is 2.96. The van der Waals surface area contributed by atoms with Gasteiger partial charge in [-0.1, -0.05) is 19.9 Å². The molecule has 4 heteroatoms. The lowest BCUT2D eigenvalue weighted by Crippen LogP contribution is -2.33. The van der Waals surface area contributed by atoms with Crippen LogP contribution in [0.4, 0.5) is 0 Å². The average molecular weight is 263 g/mol. The largest absolute Gasteiger partial charge is 0.315 e. The van der Waals surface area contributed by atoms with Gasteiger partial charge in [0.2, 0.25) is 0 Å². The lowest BCUT2D eigenvalue weighted by Gasteiger charge is -2.23.